The number of anilines is 1. The summed E-state index contributed by atoms with van der Waals surface area (Å²) in [6.07, 6.45) is 2.16. The molecule has 5 nitrogen and oxygen atoms in total. The highest BCUT2D eigenvalue weighted by Crippen LogP contribution is 2.39. The maximum absolute atomic E-state index is 12.1. The van der Waals surface area contributed by atoms with E-state index in [-0.39, 0.29) is 23.7 Å². The summed E-state index contributed by atoms with van der Waals surface area (Å²) in [5.74, 6) is 0.0374. The summed E-state index contributed by atoms with van der Waals surface area (Å²) < 4.78 is 5.15. The van der Waals surface area contributed by atoms with Gasteiger partial charge in [0.15, 0.2) is 0 Å². The molecule has 2 N–H and O–H groups in total. The Morgan fingerprint density at radius 1 is 1.14 bits per heavy atom. The first-order chi connectivity index (χ1) is 10.6. The number of carbonyl (C=O) groups excluding carboxylic acids is 2. The predicted molar refractivity (Wildman–Crippen MR) is 82.0 cm³/mol. The van der Waals surface area contributed by atoms with Crippen LogP contribution in [-0.2, 0) is 16.1 Å². The molecular formula is C17H18N2O3. The van der Waals surface area contributed by atoms with Crippen LogP contribution in [0, 0.1) is 18.8 Å². The summed E-state index contributed by atoms with van der Waals surface area (Å²) >= 11 is 0. The lowest BCUT2D eigenvalue weighted by Gasteiger charge is -2.05. The quantitative estimate of drug-likeness (QED) is 0.891. The minimum Gasteiger partial charge on any atom is -0.467 e. The Hall–Kier alpha value is -2.56. The lowest BCUT2D eigenvalue weighted by atomic mass is 10.2. The number of hydrogen-bond acceptors (Lipinski definition) is 3. The highest BCUT2D eigenvalue weighted by Gasteiger charge is 2.47. The molecule has 2 aromatic rings. The number of rotatable bonds is 5. The molecule has 0 aliphatic heterocycles. The Kier molecular flexibility index (Phi) is 3.96. The van der Waals surface area contributed by atoms with Gasteiger partial charge in [-0.3, -0.25) is 9.59 Å². The molecule has 114 valence electrons. The number of benzene rings is 1. The predicted octanol–water partition coefficient (Wildman–Crippen LogP) is 2.48. The van der Waals surface area contributed by atoms with Gasteiger partial charge in [-0.25, -0.2) is 0 Å². The van der Waals surface area contributed by atoms with Crippen LogP contribution in [0.5, 0.6) is 0 Å². The molecule has 1 heterocycles. The first-order valence-corrected chi connectivity index (χ1v) is 7.31. The van der Waals surface area contributed by atoms with Gasteiger partial charge in [0.05, 0.1) is 24.6 Å². The maximum atomic E-state index is 12.1. The summed E-state index contributed by atoms with van der Waals surface area (Å²) in [6.45, 7) is 2.35. The highest BCUT2D eigenvalue weighted by atomic mass is 16.3. The summed E-state index contributed by atoms with van der Waals surface area (Å²) in [6, 6.07) is 11.2. The SMILES string of the molecule is Cc1ccc(NC(=O)C2CC2C(=O)NCc2ccco2)cc1. The molecule has 1 aliphatic rings. The van der Waals surface area contributed by atoms with E-state index in [0.29, 0.717) is 18.7 Å². The molecule has 2 amide bonds. The molecule has 0 spiro atoms. The Morgan fingerprint density at radius 3 is 2.55 bits per heavy atom. The maximum Gasteiger partial charge on any atom is 0.228 e. The normalized spacial score (nSPS) is 19.5. The average molecular weight is 298 g/mol. The Morgan fingerprint density at radius 2 is 1.86 bits per heavy atom. The number of hydrogen-bond donors (Lipinski definition) is 2. The summed E-state index contributed by atoms with van der Waals surface area (Å²) in [4.78, 5) is 24.1. The molecule has 0 bridgehead atoms. The van der Waals surface area contributed by atoms with Crippen LogP contribution in [0.4, 0.5) is 5.69 Å². The second-order valence-corrected chi connectivity index (χ2v) is 5.60. The zero-order valence-corrected chi connectivity index (χ0v) is 12.3. The Labute approximate surface area is 128 Å². The van der Waals surface area contributed by atoms with Crippen LogP contribution in [0.15, 0.2) is 47.1 Å². The van der Waals surface area contributed by atoms with Gasteiger partial charge in [-0.1, -0.05) is 17.7 Å². The number of carbonyl (C=O) groups is 2. The van der Waals surface area contributed by atoms with Crippen LogP contribution in [-0.4, -0.2) is 11.8 Å². The molecule has 2 unspecified atom stereocenters. The van der Waals surface area contributed by atoms with Crippen molar-refractivity contribution in [3.8, 4) is 0 Å². The molecule has 0 radical (unpaired) electrons. The summed E-state index contributed by atoms with van der Waals surface area (Å²) in [5.41, 5.74) is 1.90. The van der Waals surface area contributed by atoms with Crippen molar-refractivity contribution in [2.75, 3.05) is 5.32 Å². The van der Waals surface area contributed by atoms with Crippen molar-refractivity contribution in [1.82, 2.24) is 5.32 Å². The number of nitrogens with one attached hydrogen (secondary N) is 2. The van der Waals surface area contributed by atoms with Crippen molar-refractivity contribution >= 4 is 17.5 Å². The smallest absolute Gasteiger partial charge is 0.228 e. The van der Waals surface area contributed by atoms with Gasteiger partial charge in [-0.05, 0) is 37.6 Å². The summed E-state index contributed by atoms with van der Waals surface area (Å²) in [5, 5.41) is 5.64. The van der Waals surface area contributed by atoms with E-state index in [1.165, 1.54) is 0 Å². The first-order valence-electron chi connectivity index (χ1n) is 7.31. The van der Waals surface area contributed by atoms with Crippen molar-refractivity contribution in [3.63, 3.8) is 0 Å². The molecule has 1 saturated carbocycles. The average Bonchev–Trinajstić information content (AvgIpc) is 3.15. The van der Waals surface area contributed by atoms with E-state index < -0.39 is 0 Å². The van der Waals surface area contributed by atoms with Gasteiger partial charge in [0.2, 0.25) is 11.8 Å². The minimum absolute atomic E-state index is 0.0954. The van der Waals surface area contributed by atoms with Crippen LogP contribution >= 0.6 is 0 Å². The molecule has 22 heavy (non-hydrogen) atoms. The third-order valence-electron chi connectivity index (χ3n) is 3.80. The third-order valence-corrected chi connectivity index (χ3v) is 3.80. The highest BCUT2D eigenvalue weighted by molar-refractivity contribution is 5.99. The van der Waals surface area contributed by atoms with Crippen LogP contribution in [0.2, 0.25) is 0 Å². The van der Waals surface area contributed by atoms with Gasteiger partial charge in [0.25, 0.3) is 0 Å². The lowest BCUT2D eigenvalue weighted by Crippen LogP contribution is -2.26. The lowest BCUT2D eigenvalue weighted by molar-refractivity contribution is -0.125. The van der Waals surface area contributed by atoms with Crippen LogP contribution in [0.3, 0.4) is 0 Å². The molecule has 1 fully saturated rings. The van der Waals surface area contributed by atoms with E-state index >= 15 is 0 Å². The van der Waals surface area contributed by atoms with Crippen molar-refractivity contribution < 1.29 is 14.0 Å². The number of furan rings is 1. The fourth-order valence-corrected chi connectivity index (χ4v) is 2.36. The zero-order valence-electron chi connectivity index (χ0n) is 12.3. The Bertz CT molecular complexity index is 662. The van der Waals surface area contributed by atoms with E-state index in [9.17, 15) is 9.59 Å². The molecule has 3 rings (SSSR count). The van der Waals surface area contributed by atoms with E-state index in [4.69, 9.17) is 4.42 Å². The van der Waals surface area contributed by atoms with Crippen molar-refractivity contribution in [2.45, 2.75) is 19.9 Å². The first kappa shape index (κ1) is 14.4. The Balaban J connectivity index is 1.47. The molecule has 5 heteroatoms. The van der Waals surface area contributed by atoms with E-state index in [1.807, 2.05) is 31.2 Å². The van der Waals surface area contributed by atoms with Crippen LogP contribution in [0.1, 0.15) is 17.7 Å². The van der Waals surface area contributed by atoms with Gasteiger partial charge in [0.1, 0.15) is 5.76 Å². The number of aryl methyl sites for hydroxylation is 1. The van der Waals surface area contributed by atoms with Gasteiger partial charge in [-0.2, -0.15) is 0 Å². The van der Waals surface area contributed by atoms with E-state index in [1.54, 1.807) is 18.4 Å². The van der Waals surface area contributed by atoms with Gasteiger partial charge in [0, 0.05) is 5.69 Å². The summed E-state index contributed by atoms with van der Waals surface area (Å²) in [7, 11) is 0. The van der Waals surface area contributed by atoms with Crippen LogP contribution < -0.4 is 10.6 Å². The van der Waals surface area contributed by atoms with Gasteiger partial charge >= 0.3 is 0 Å². The van der Waals surface area contributed by atoms with E-state index in [0.717, 1.165) is 11.3 Å². The molecule has 1 aromatic carbocycles. The molecule has 1 aliphatic carbocycles. The van der Waals surface area contributed by atoms with Crippen molar-refractivity contribution in [2.24, 2.45) is 11.8 Å². The van der Waals surface area contributed by atoms with Gasteiger partial charge in [-0.15, -0.1) is 0 Å². The molecular weight excluding hydrogens is 280 g/mol. The van der Waals surface area contributed by atoms with Gasteiger partial charge < -0.3 is 15.1 Å². The third kappa shape index (κ3) is 3.36. The molecule has 0 saturated heterocycles. The van der Waals surface area contributed by atoms with Crippen LogP contribution in [0.25, 0.3) is 0 Å². The second-order valence-electron chi connectivity index (χ2n) is 5.60. The fraction of sp³-hybridized carbons (Fsp3) is 0.294. The van der Waals surface area contributed by atoms with Crippen molar-refractivity contribution in [1.29, 1.82) is 0 Å². The minimum atomic E-state index is -0.238. The second kappa shape index (κ2) is 6.05. The molecule has 1 aromatic heterocycles. The van der Waals surface area contributed by atoms with E-state index in [2.05, 4.69) is 10.6 Å². The largest absolute Gasteiger partial charge is 0.467 e. The number of amides is 2. The topological polar surface area (TPSA) is 71.3 Å². The standard InChI is InChI=1S/C17H18N2O3/c1-11-4-6-12(7-5-11)19-17(21)15-9-14(15)16(20)18-10-13-3-2-8-22-13/h2-8,14-15H,9-10H2,1H3,(H,18,20)(H,19,21). The zero-order chi connectivity index (χ0) is 15.5. The monoisotopic (exact) mass is 298 g/mol. The fourth-order valence-electron chi connectivity index (χ4n) is 2.36. The van der Waals surface area contributed by atoms with Crippen molar-refractivity contribution in [3.05, 3.63) is 54.0 Å². The molecule has 2 atom stereocenters.